The summed E-state index contributed by atoms with van der Waals surface area (Å²) in [6.07, 6.45) is 3.04. The molecule has 2 atom stereocenters. The molecule has 0 heterocycles. The van der Waals surface area contributed by atoms with Crippen molar-refractivity contribution in [3.8, 4) is 0 Å². The molecule has 0 spiro atoms. The molecule has 0 aromatic rings. The van der Waals surface area contributed by atoms with Crippen molar-refractivity contribution in [2.45, 2.75) is 70.6 Å². The van der Waals surface area contributed by atoms with Crippen LogP contribution < -0.4 is 5.32 Å². The lowest BCUT2D eigenvalue weighted by molar-refractivity contribution is -0.145. The fourth-order valence-electron chi connectivity index (χ4n) is 2.40. The minimum absolute atomic E-state index is 0.0556. The van der Waals surface area contributed by atoms with Crippen LogP contribution in [0.25, 0.3) is 0 Å². The number of rotatable bonds is 6. The molecular weight excluding hydrogens is 218 g/mol. The molecule has 0 aliphatic heterocycles. The van der Waals surface area contributed by atoms with Crippen LogP contribution in [0.2, 0.25) is 0 Å². The Morgan fingerprint density at radius 3 is 2.65 bits per heavy atom. The van der Waals surface area contributed by atoms with Gasteiger partial charge in [0.15, 0.2) is 0 Å². The highest BCUT2D eigenvalue weighted by Gasteiger charge is 2.46. The predicted octanol–water partition coefficient (Wildman–Crippen LogP) is 2.18. The monoisotopic (exact) mass is 243 g/mol. The van der Waals surface area contributed by atoms with E-state index in [2.05, 4.69) is 26.1 Å². The molecule has 1 aliphatic rings. The van der Waals surface area contributed by atoms with Crippen molar-refractivity contribution < 1.29 is 14.6 Å². The lowest BCUT2D eigenvalue weighted by Gasteiger charge is -2.29. The SMILES string of the molecule is CCNC1(C(=O)O)CCC(OC(C)(C)CC)C1. The first kappa shape index (κ1) is 14.5. The first-order valence-electron chi connectivity index (χ1n) is 6.51. The fourth-order valence-corrected chi connectivity index (χ4v) is 2.40. The number of likely N-dealkylation sites (N-methyl/N-ethyl adjacent to an activating group) is 1. The Morgan fingerprint density at radius 2 is 2.18 bits per heavy atom. The van der Waals surface area contributed by atoms with Gasteiger partial charge in [-0.25, -0.2) is 0 Å². The van der Waals surface area contributed by atoms with Crippen LogP contribution in [0.3, 0.4) is 0 Å². The van der Waals surface area contributed by atoms with Gasteiger partial charge in [-0.2, -0.15) is 0 Å². The van der Waals surface area contributed by atoms with Crippen molar-refractivity contribution >= 4 is 5.97 Å². The van der Waals surface area contributed by atoms with Crippen molar-refractivity contribution in [1.82, 2.24) is 5.32 Å². The summed E-state index contributed by atoms with van der Waals surface area (Å²) in [4.78, 5) is 11.4. The second-order valence-corrected chi connectivity index (χ2v) is 5.51. The minimum atomic E-state index is -0.775. The Hall–Kier alpha value is -0.610. The van der Waals surface area contributed by atoms with Gasteiger partial charge in [0.1, 0.15) is 5.54 Å². The molecule has 2 N–H and O–H groups in total. The number of nitrogens with one attached hydrogen (secondary N) is 1. The van der Waals surface area contributed by atoms with E-state index in [-0.39, 0.29) is 11.7 Å². The van der Waals surface area contributed by atoms with Crippen LogP contribution in [-0.4, -0.2) is 34.9 Å². The zero-order valence-electron chi connectivity index (χ0n) is 11.4. The third-order valence-electron chi connectivity index (χ3n) is 3.73. The van der Waals surface area contributed by atoms with Gasteiger partial charge in [-0.15, -0.1) is 0 Å². The van der Waals surface area contributed by atoms with Crippen molar-refractivity contribution in [2.75, 3.05) is 6.54 Å². The van der Waals surface area contributed by atoms with Gasteiger partial charge in [-0.1, -0.05) is 13.8 Å². The average Bonchev–Trinajstić information content (AvgIpc) is 2.63. The molecule has 0 amide bonds. The summed E-state index contributed by atoms with van der Waals surface area (Å²) in [5, 5.41) is 12.5. The van der Waals surface area contributed by atoms with E-state index < -0.39 is 11.5 Å². The van der Waals surface area contributed by atoms with Gasteiger partial charge in [-0.3, -0.25) is 4.79 Å². The quantitative estimate of drug-likeness (QED) is 0.750. The largest absolute Gasteiger partial charge is 0.480 e. The number of ether oxygens (including phenoxy) is 1. The van der Waals surface area contributed by atoms with Crippen LogP contribution in [0.15, 0.2) is 0 Å². The number of aliphatic carboxylic acids is 1. The molecule has 4 nitrogen and oxygen atoms in total. The molecule has 1 fully saturated rings. The van der Waals surface area contributed by atoms with Gasteiger partial charge in [0.25, 0.3) is 0 Å². The summed E-state index contributed by atoms with van der Waals surface area (Å²) < 4.78 is 6.00. The molecule has 0 aromatic carbocycles. The van der Waals surface area contributed by atoms with E-state index in [1.54, 1.807) is 0 Å². The maximum absolute atomic E-state index is 11.4. The Balaban J connectivity index is 2.64. The highest BCUT2D eigenvalue weighted by molar-refractivity contribution is 5.79. The lowest BCUT2D eigenvalue weighted by Crippen LogP contribution is -2.50. The molecule has 0 aromatic heterocycles. The van der Waals surface area contributed by atoms with Crippen LogP contribution >= 0.6 is 0 Å². The molecule has 0 radical (unpaired) electrons. The highest BCUT2D eigenvalue weighted by atomic mass is 16.5. The summed E-state index contributed by atoms with van der Waals surface area (Å²) in [7, 11) is 0. The van der Waals surface area contributed by atoms with E-state index in [0.717, 1.165) is 12.8 Å². The summed E-state index contributed by atoms with van der Waals surface area (Å²) in [5.41, 5.74) is -0.936. The average molecular weight is 243 g/mol. The Bertz CT molecular complexity index is 278. The Kier molecular flexibility index (Phi) is 4.55. The molecule has 2 unspecified atom stereocenters. The van der Waals surface area contributed by atoms with Crippen LogP contribution in [-0.2, 0) is 9.53 Å². The van der Waals surface area contributed by atoms with Gasteiger partial charge in [-0.05, 0) is 39.7 Å². The van der Waals surface area contributed by atoms with E-state index >= 15 is 0 Å². The third-order valence-corrected chi connectivity index (χ3v) is 3.73. The highest BCUT2D eigenvalue weighted by Crippen LogP contribution is 2.35. The van der Waals surface area contributed by atoms with E-state index in [9.17, 15) is 9.90 Å². The number of carbonyl (C=O) groups is 1. The van der Waals surface area contributed by atoms with Gasteiger partial charge >= 0.3 is 5.97 Å². The molecule has 0 saturated heterocycles. The van der Waals surface area contributed by atoms with Gasteiger partial charge in [0.05, 0.1) is 11.7 Å². The molecule has 1 rings (SSSR count). The molecule has 100 valence electrons. The van der Waals surface area contributed by atoms with Gasteiger partial charge in [0, 0.05) is 6.42 Å². The van der Waals surface area contributed by atoms with Crippen LogP contribution in [0, 0.1) is 0 Å². The topological polar surface area (TPSA) is 58.6 Å². The van der Waals surface area contributed by atoms with Crippen molar-refractivity contribution in [3.05, 3.63) is 0 Å². The lowest BCUT2D eigenvalue weighted by atomic mass is 9.97. The first-order valence-corrected chi connectivity index (χ1v) is 6.51. The zero-order valence-corrected chi connectivity index (χ0v) is 11.4. The molecule has 0 bridgehead atoms. The summed E-state index contributed by atoms with van der Waals surface area (Å²) in [6.45, 7) is 8.82. The molecule has 17 heavy (non-hydrogen) atoms. The number of hydrogen-bond acceptors (Lipinski definition) is 3. The Labute approximate surface area is 104 Å². The van der Waals surface area contributed by atoms with Crippen LogP contribution in [0.5, 0.6) is 0 Å². The predicted molar refractivity (Wildman–Crippen MR) is 67.1 cm³/mol. The number of hydrogen-bond donors (Lipinski definition) is 2. The standard InChI is InChI=1S/C13H25NO3/c1-5-12(3,4)17-10-7-8-13(9-10,11(15)16)14-6-2/h10,14H,5-9H2,1-4H3,(H,15,16). The van der Waals surface area contributed by atoms with Crippen LogP contribution in [0.4, 0.5) is 0 Å². The fraction of sp³-hybridized carbons (Fsp3) is 0.923. The molecule has 1 aliphatic carbocycles. The van der Waals surface area contributed by atoms with Gasteiger partial charge in [0.2, 0.25) is 0 Å². The molecular formula is C13H25NO3. The van der Waals surface area contributed by atoms with E-state index in [1.165, 1.54) is 0 Å². The van der Waals surface area contributed by atoms with E-state index in [0.29, 0.717) is 19.4 Å². The maximum atomic E-state index is 11.4. The van der Waals surface area contributed by atoms with Crippen molar-refractivity contribution in [1.29, 1.82) is 0 Å². The molecule has 1 saturated carbocycles. The van der Waals surface area contributed by atoms with Gasteiger partial charge < -0.3 is 15.2 Å². The zero-order chi connectivity index (χ0) is 13.1. The number of carboxylic acid groups (broad SMARTS) is 1. The first-order chi connectivity index (χ1) is 7.85. The second kappa shape index (κ2) is 5.36. The van der Waals surface area contributed by atoms with Crippen molar-refractivity contribution in [3.63, 3.8) is 0 Å². The van der Waals surface area contributed by atoms with Crippen LogP contribution in [0.1, 0.15) is 53.4 Å². The second-order valence-electron chi connectivity index (χ2n) is 5.51. The normalized spacial score (nSPS) is 29.5. The molecule has 4 heteroatoms. The summed E-state index contributed by atoms with van der Waals surface area (Å²) in [5.74, 6) is -0.750. The summed E-state index contributed by atoms with van der Waals surface area (Å²) in [6, 6.07) is 0. The van der Waals surface area contributed by atoms with E-state index in [1.807, 2.05) is 6.92 Å². The van der Waals surface area contributed by atoms with E-state index in [4.69, 9.17) is 4.74 Å². The minimum Gasteiger partial charge on any atom is -0.480 e. The Morgan fingerprint density at radius 1 is 1.53 bits per heavy atom. The third kappa shape index (κ3) is 3.42. The smallest absolute Gasteiger partial charge is 0.323 e. The maximum Gasteiger partial charge on any atom is 0.323 e. The summed E-state index contributed by atoms with van der Waals surface area (Å²) >= 11 is 0. The van der Waals surface area contributed by atoms with Crippen molar-refractivity contribution in [2.24, 2.45) is 0 Å². The number of carboxylic acids is 1.